The number of methoxy groups -OCH3 is 1. The first-order valence-corrected chi connectivity index (χ1v) is 7.93. The third kappa shape index (κ3) is 3.25. The van der Waals surface area contributed by atoms with Gasteiger partial charge >= 0.3 is 0 Å². The van der Waals surface area contributed by atoms with Gasteiger partial charge in [0.25, 0.3) is 11.6 Å². The normalized spacial score (nSPS) is 10.7. The van der Waals surface area contributed by atoms with Crippen LogP contribution in [0.5, 0.6) is 5.75 Å². The number of nitrogens with zero attached hydrogens (tertiary/aromatic N) is 4. The van der Waals surface area contributed by atoms with Gasteiger partial charge in [-0.1, -0.05) is 17.3 Å². The van der Waals surface area contributed by atoms with Gasteiger partial charge in [-0.2, -0.15) is 10.1 Å². The molecule has 2 aromatic heterocycles. The van der Waals surface area contributed by atoms with Crippen LogP contribution >= 0.6 is 0 Å². The Bertz CT molecular complexity index is 1100. The number of benzene rings is 2. The second-order valence-electron chi connectivity index (χ2n) is 5.63. The highest BCUT2D eigenvalue weighted by atomic mass is 16.6. The van der Waals surface area contributed by atoms with Crippen molar-refractivity contribution in [3.63, 3.8) is 0 Å². The molecule has 0 unspecified atom stereocenters. The van der Waals surface area contributed by atoms with E-state index >= 15 is 0 Å². The van der Waals surface area contributed by atoms with E-state index in [2.05, 4.69) is 20.3 Å². The van der Waals surface area contributed by atoms with Gasteiger partial charge in [0.05, 0.1) is 17.7 Å². The van der Waals surface area contributed by atoms with Crippen LogP contribution in [0.2, 0.25) is 0 Å². The van der Waals surface area contributed by atoms with Crippen LogP contribution in [-0.4, -0.2) is 32.4 Å². The molecule has 0 fully saturated rings. The lowest BCUT2D eigenvalue weighted by Crippen LogP contribution is -1.87. The molecule has 4 aromatic rings. The molecule has 0 aliphatic carbocycles. The number of hydrogen-bond donors (Lipinski definition) is 1. The first-order chi connectivity index (χ1) is 13.1. The molecule has 134 valence electrons. The maximum Gasteiger partial charge on any atom is 0.276 e. The highest BCUT2D eigenvalue weighted by Crippen LogP contribution is 2.27. The summed E-state index contributed by atoms with van der Waals surface area (Å²) in [5.41, 5.74) is 2.77. The third-order valence-corrected chi connectivity index (χ3v) is 3.94. The summed E-state index contributed by atoms with van der Waals surface area (Å²) in [4.78, 5) is 14.6. The van der Waals surface area contributed by atoms with Crippen molar-refractivity contribution in [2.45, 2.75) is 0 Å². The molecule has 0 radical (unpaired) electrons. The predicted octanol–water partition coefficient (Wildman–Crippen LogP) is 3.71. The Morgan fingerprint density at radius 1 is 1.11 bits per heavy atom. The Labute approximate surface area is 152 Å². The number of aromatic amines is 1. The summed E-state index contributed by atoms with van der Waals surface area (Å²) in [5, 5.41) is 21.8. The van der Waals surface area contributed by atoms with Gasteiger partial charge < -0.3 is 9.26 Å². The first-order valence-electron chi connectivity index (χ1n) is 7.93. The zero-order chi connectivity index (χ0) is 18.8. The fourth-order valence-corrected chi connectivity index (χ4v) is 2.54. The minimum atomic E-state index is -0.462. The van der Waals surface area contributed by atoms with Gasteiger partial charge in [-0.05, 0) is 30.3 Å². The second kappa shape index (κ2) is 6.71. The maximum absolute atomic E-state index is 10.7. The van der Waals surface area contributed by atoms with Gasteiger partial charge in [0.2, 0.25) is 5.82 Å². The van der Waals surface area contributed by atoms with Crippen molar-refractivity contribution in [2.24, 2.45) is 0 Å². The Morgan fingerprint density at radius 3 is 2.67 bits per heavy atom. The number of H-pyrrole nitrogens is 1. The average Bonchev–Trinajstić information content (AvgIpc) is 3.38. The van der Waals surface area contributed by atoms with E-state index in [0.717, 1.165) is 11.3 Å². The lowest BCUT2D eigenvalue weighted by atomic mass is 10.1. The van der Waals surface area contributed by atoms with Crippen LogP contribution in [0.15, 0.2) is 59.1 Å². The van der Waals surface area contributed by atoms with Crippen molar-refractivity contribution in [3.8, 4) is 40.0 Å². The lowest BCUT2D eigenvalue weighted by Gasteiger charge is -2.00. The highest BCUT2D eigenvalue weighted by Gasteiger charge is 2.15. The van der Waals surface area contributed by atoms with Gasteiger partial charge in [-0.15, -0.1) is 0 Å². The molecule has 2 heterocycles. The van der Waals surface area contributed by atoms with E-state index in [9.17, 15) is 10.1 Å². The molecule has 0 saturated carbocycles. The summed E-state index contributed by atoms with van der Waals surface area (Å²) in [5.74, 6) is 1.33. The highest BCUT2D eigenvalue weighted by molar-refractivity contribution is 5.66. The smallest absolute Gasteiger partial charge is 0.276 e. The number of aromatic nitrogens is 4. The minimum absolute atomic E-state index is 0.000956. The van der Waals surface area contributed by atoms with E-state index in [1.807, 2.05) is 24.3 Å². The molecule has 0 atom stereocenters. The first kappa shape index (κ1) is 16.5. The van der Waals surface area contributed by atoms with E-state index in [4.69, 9.17) is 9.26 Å². The lowest BCUT2D eigenvalue weighted by molar-refractivity contribution is -0.384. The zero-order valence-electron chi connectivity index (χ0n) is 14.1. The number of non-ortho nitro benzene ring substituents is 1. The summed E-state index contributed by atoms with van der Waals surface area (Å²) in [6, 6.07) is 15.2. The fraction of sp³-hybridized carbons (Fsp3) is 0.0556. The maximum atomic E-state index is 10.7. The number of nitro groups is 1. The van der Waals surface area contributed by atoms with Crippen LogP contribution in [0.1, 0.15) is 0 Å². The molecule has 0 aliphatic rings. The van der Waals surface area contributed by atoms with E-state index in [-0.39, 0.29) is 11.6 Å². The SMILES string of the molecule is COc1cccc(-c2cc(-c3nc(-c4ccc([N+](=O)[O-])cc4)no3)[nH]n2)c1. The van der Waals surface area contributed by atoms with Gasteiger partial charge in [-0.25, -0.2) is 0 Å². The van der Waals surface area contributed by atoms with Crippen molar-refractivity contribution < 1.29 is 14.2 Å². The molecule has 4 rings (SSSR count). The largest absolute Gasteiger partial charge is 0.497 e. The van der Waals surface area contributed by atoms with Gasteiger partial charge in [0.15, 0.2) is 0 Å². The quantitative estimate of drug-likeness (QED) is 0.424. The van der Waals surface area contributed by atoms with Crippen molar-refractivity contribution in [1.82, 2.24) is 20.3 Å². The van der Waals surface area contributed by atoms with Gasteiger partial charge in [0.1, 0.15) is 11.4 Å². The van der Waals surface area contributed by atoms with E-state index < -0.39 is 4.92 Å². The molecule has 2 aromatic carbocycles. The van der Waals surface area contributed by atoms with Crippen LogP contribution < -0.4 is 4.74 Å². The monoisotopic (exact) mass is 363 g/mol. The summed E-state index contributed by atoms with van der Waals surface area (Å²) in [6.07, 6.45) is 0. The van der Waals surface area contributed by atoms with Crippen molar-refractivity contribution >= 4 is 5.69 Å². The van der Waals surface area contributed by atoms with E-state index in [1.165, 1.54) is 12.1 Å². The topological polar surface area (TPSA) is 120 Å². The standard InChI is InChI=1S/C18H13N5O4/c1-26-14-4-2-3-12(9-14)15-10-16(21-20-15)18-19-17(22-27-18)11-5-7-13(8-6-11)23(24)25/h2-10H,1H3,(H,20,21). The number of nitrogens with one attached hydrogen (secondary N) is 1. The summed E-state index contributed by atoms with van der Waals surface area (Å²) < 4.78 is 10.5. The Morgan fingerprint density at radius 2 is 1.93 bits per heavy atom. The molecule has 0 aliphatic heterocycles. The molecule has 1 N–H and O–H groups in total. The molecule has 0 spiro atoms. The zero-order valence-corrected chi connectivity index (χ0v) is 14.1. The second-order valence-corrected chi connectivity index (χ2v) is 5.63. The van der Waals surface area contributed by atoms with Crippen LogP contribution in [0.3, 0.4) is 0 Å². The minimum Gasteiger partial charge on any atom is -0.497 e. The summed E-state index contributed by atoms with van der Waals surface area (Å²) >= 11 is 0. The number of ether oxygens (including phenoxy) is 1. The molecule has 0 bridgehead atoms. The van der Waals surface area contributed by atoms with Gasteiger partial charge in [0, 0.05) is 23.3 Å². The van der Waals surface area contributed by atoms with Crippen LogP contribution in [0.4, 0.5) is 5.69 Å². The van der Waals surface area contributed by atoms with E-state index in [1.54, 1.807) is 25.3 Å². The Balaban J connectivity index is 1.60. The van der Waals surface area contributed by atoms with E-state index in [0.29, 0.717) is 22.8 Å². The third-order valence-electron chi connectivity index (χ3n) is 3.94. The van der Waals surface area contributed by atoms with Crippen molar-refractivity contribution in [3.05, 3.63) is 64.7 Å². The summed E-state index contributed by atoms with van der Waals surface area (Å²) in [7, 11) is 1.60. The van der Waals surface area contributed by atoms with Crippen molar-refractivity contribution in [1.29, 1.82) is 0 Å². The Hall–Kier alpha value is -4.01. The Kier molecular flexibility index (Phi) is 4.09. The van der Waals surface area contributed by atoms with Gasteiger partial charge in [-0.3, -0.25) is 15.2 Å². The van der Waals surface area contributed by atoms with Crippen LogP contribution in [0, 0.1) is 10.1 Å². The average molecular weight is 363 g/mol. The molecular formula is C18H13N5O4. The molecule has 9 nitrogen and oxygen atoms in total. The molecule has 9 heteroatoms. The summed E-state index contributed by atoms with van der Waals surface area (Å²) in [6.45, 7) is 0. The molecule has 0 saturated heterocycles. The van der Waals surface area contributed by atoms with Crippen molar-refractivity contribution in [2.75, 3.05) is 7.11 Å². The molecule has 27 heavy (non-hydrogen) atoms. The van der Waals surface area contributed by atoms with Crippen LogP contribution in [0.25, 0.3) is 34.2 Å². The number of hydrogen-bond acceptors (Lipinski definition) is 7. The molecular weight excluding hydrogens is 350 g/mol. The number of rotatable bonds is 5. The fourth-order valence-electron chi connectivity index (χ4n) is 2.54. The molecule has 0 amide bonds. The van der Waals surface area contributed by atoms with Crippen LogP contribution in [-0.2, 0) is 0 Å². The predicted molar refractivity (Wildman–Crippen MR) is 96.0 cm³/mol. The number of nitro benzene ring substituents is 1.